The number of carbonyl (C=O) groups is 1. The normalized spacial score (nSPS) is 24.4. The number of nitrogens with zero attached hydrogens (tertiary/aromatic N) is 2. The molecule has 2 heterocycles. The number of aliphatic carboxylic acids is 1. The van der Waals surface area contributed by atoms with E-state index in [0.717, 1.165) is 5.56 Å². The molecule has 0 saturated carbocycles. The van der Waals surface area contributed by atoms with Crippen LogP contribution < -0.4 is 5.73 Å². The summed E-state index contributed by atoms with van der Waals surface area (Å²) in [7, 11) is 0. The van der Waals surface area contributed by atoms with Crippen molar-refractivity contribution in [3.8, 4) is 0 Å². The van der Waals surface area contributed by atoms with Gasteiger partial charge in [-0.25, -0.2) is 4.98 Å². The van der Waals surface area contributed by atoms with E-state index in [1.807, 2.05) is 4.90 Å². The van der Waals surface area contributed by atoms with Gasteiger partial charge in [-0.2, -0.15) is 0 Å². The molecular formula is C11H13Cl2N3O2. The molecule has 0 aromatic carbocycles. The lowest BCUT2D eigenvalue weighted by molar-refractivity contribution is -0.142. The Morgan fingerprint density at radius 1 is 1.56 bits per heavy atom. The monoisotopic (exact) mass is 289 g/mol. The fourth-order valence-electron chi connectivity index (χ4n) is 2.02. The smallest absolute Gasteiger partial charge is 0.325 e. The number of hydrogen-bond acceptors (Lipinski definition) is 4. The van der Waals surface area contributed by atoms with Gasteiger partial charge in [-0.1, -0.05) is 29.3 Å². The Morgan fingerprint density at radius 2 is 2.28 bits per heavy atom. The molecule has 0 spiro atoms. The minimum Gasteiger partial charge on any atom is -0.480 e. The zero-order valence-corrected chi connectivity index (χ0v) is 11.1. The van der Waals surface area contributed by atoms with Crippen molar-refractivity contribution in [3.63, 3.8) is 0 Å². The van der Waals surface area contributed by atoms with Crippen molar-refractivity contribution in [1.82, 2.24) is 9.88 Å². The quantitative estimate of drug-likeness (QED) is 0.822. The van der Waals surface area contributed by atoms with Crippen LogP contribution in [0.1, 0.15) is 12.0 Å². The maximum Gasteiger partial charge on any atom is 0.325 e. The number of pyridine rings is 1. The van der Waals surface area contributed by atoms with Crippen molar-refractivity contribution in [2.45, 2.75) is 18.5 Å². The van der Waals surface area contributed by atoms with Crippen molar-refractivity contribution in [2.75, 3.05) is 13.1 Å². The lowest BCUT2D eigenvalue weighted by Gasteiger charge is -2.20. The van der Waals surface area contributed by atoms with Crippen LogP contribution in [0.4, 0.5) is 0 Å². The van der Waals surface area contributed by atoms with Gasteiger partial charge >= 0.3 is 5.97 Å². The van der Waals surface area contributed by atoms with Crippen molar-refractivity contribution < 1.29 is 9.90 Å². The second kappa shape index (κ2) is 5.01. The number of hydrogen-bond donors (Lipinski definition) is 2. The Kier molecular flexibility index (Phi) is 3.77. The predicted octanol–water partition coefficient (Wildman–Crippen LogP) is 1.38. The summed E-state index contributed by atoms with van der Waals surface area (Å²) < 4.78 is 0. The van der Waals surface area contributed by atoms with Gasteiger partial charge in [0.15, 0.2) is 0 Å². The predicted molar refractivity (Wildman–Crippen MR) is 68.7 cm³/mol. The molecule has 5 nitrogen and oxygen atoms in total. The van der Waals surface area contributed by atoms with Crippen LogP contribution in [0.25, 0.3) is 0 Å². The van der Waals surface area contributed by atoms with Crippen LogP contribution in [0.15, 0.2) is 12.1 Å². The van der Waals surface area contributed by atoms with Crippen molar-refractivity contribution in [2.24, 2.45) is 5.73 Å². The molecule has 1 atom stereocenters. The molecule has 2 rings (SSSR count). The van der Waals surface area contributed by atoms with Crippen LogP contribution in [-0.4, -0.2) is 39.6 Å². The Hall–Kier alpha value is -0.880. The van der Waals surface area contributed by atoms with Crippen molar-refractivity contribution in [3.05, 3.63) is 28.0 Å². The van der Waals surface area contributed by atoms with E-state index < -0.39 is 11.5 Å². The lowest BCUT2D eigenvalue weighted by atomic mass is 10.0. The van der Waals surface area contributed by atoms with Gasteiger partial charge in [0.2, 0.25) is 0 Å². The van der Waals surface area contributed by atoms with E-state index in [1.165, 1.54) is 0 Å². The lowest BCUT2D eigenvalue weighted by Crippen LogP contribution is -2.50. The molecule has 1 aliphatic rings. The van der Waals surface area contributed by atoms with Gasteiger partial charge in [-0.05, 0) is 12.5 Å². The van der Waals surface area contributed by atoms with Gasteiger partial charge in [0.25, 0.3) is 0 Å². The molecule has 1 saturated heterocycles. The van der Waals surface area contributed by atoms with Gasteiger partial charge < -0.3 is 10.8 Å². The fraction of sp³-hybridized carbons (Fsp3) is 0.455. The second-order valence-corrected chi connectivity index (χ2v) is 5.25. The third-order valence-electron chi connectivity index (χ3n) is 3.09. The number of likely N-dealkylation sites (tertiary alicyclic amines) is 1. The summed E-state index contributed by atoms with van der Waals surface area (Å²) in [6.45, 7) is 1.46. The molecule has 0 radical (unpaired) electrons. The molecule has 1 aliphatic heterocycles. The van der Waals surface area contributed by atoms with E-state index in [0.29, 0.717) is 36.4 Å². The van der Waals surface area contributed by atoms with Crippen LogP contribution >= 0.6 is 23.2 Å². The maximum absolute atomic E-state index is 11.0. The number of nitrogens with two attached hydrogens (primary N) is 1. The van der Waals surface area contributed by atoms with Gasteiger partial charge in [-0.15, -0.1) is 0 Å². The Labute approximate surface area is 114 Å². The van der Waals surface area contributed by atoms with Crippen LogP contribution in [0.2, 0.25) is 10.3 Å². The minimum absolute atomic E-state index is 0.307. The molecule has 0 aliphatic carbocycles. The zero-order chi connectivity index (χ0) is 13.3. The van der Waals surface area contributed by atoms with Gasteiger partial charge in [0.1, 0.15) is 15.8 Å². The molecule has 1 aromatic heterocycles. The third kappa shape index (κ3) is 2.75. The molecule has 1 aromatic rings. The van der Waals surface area contributed by atoms with Crippen LogP contribution in [0.5, 0.6) is 0 Å². The Morgan fingerprint density at radius 3 is 2.83 bits per heavy atom. The van der Waals surface area contributed by atoms with E-state index in [-0.39, 0.29) is 0 Å². The zero-order valence-electron chi connectivity index (χ0n) is 9.57. The molecule has 7 heteroatoms. The molecular weight excluding hydrogens is 277 g/mol. The van der Waals surface area contributed by atoms with Gasteiger partial charge in [0, 0.05) is 25.2 Å². The topological polar surface area (TPSA) is 79.5 Å². The SMILES string of the molecule is NC1(C(=O)O)CCN(Cc2ccc(Cl)nc2Cl)C1. The van der Waals surface area contributed by atoms with Crippen molar-refractivity contribution >= 4 is 29.2 Å². The summed E-state index contributed by atoms with van der Waals surface area (Å²) in [5.41, 5.74) is 5.45. The number of aromatic nitrogens is 1. The first-order valence-electron chi connectivity index (χ1n) is 5.46. The Bertz CT molecular complexity index is 483. The summed E-state index contributed by atoms with van der Waals surface area (Å²) >= 11 is 11.7. The maximum atomic E-state index is 11.0. The number of halogens is 2. The van der Waals surface area contributed by atoms with Crippen LogP contribution in [0.3, 0.4) is 0 Å². The summed E-state index contributed by atoms with van der Waals surface area (Å²) in [4.78, 5) is 16.9. The van der Waals surface area contributed by atoms with E-state index in [1.54, 1.807) is 12.1 Å². The standard InChI is InChI=1S/C11H13Cl2N3O2/c12-8-2-1-7(9(13)15-8)5-16-4-3-11(14,6-16)10(17)18/h1-2H,3-6,14H2,(H,17,18). The van der Waals surface area contributed by atoms with Crippen LogP contribution in [-0.2, 0) is 11.3 Å². The molecule has 0 amide bonds. The summed E-state index contributed by atoms with van der Waals surface area (Å²) in [6.07, 6.45) is 0.432. The van der Waals surface area contributed by atoms with Crippen molar-refractivity contribution in [1.29, 1.82) is 0 Å². The van der Waals surface area contributed by atoms with E-state index in [2.05, 4.69) is 4.98 Å². The van der Waals surface area contributed by atoms with Gasteiger partial charge in [0.05, 0.1) is 0 Å². The molecule has 1 fully saturated rings. The number of carboxylic acids is 1. The minimum atomic E-state index is -1.16. The van der Waals surface area contributed by atoms with Gasteiger partial charge in [-0.3, -0.25) is 9.69 Å². The first kappa shape index (κ1) is 13.5. The number of rotatable bonds is 3. The molecule has 3 N–H and O–H groups in total. The first-order chi connectivity index (χ1) is 8.40. The highest BCUT2D eigenvalue weighted by Crippen LogP contribution is 2.24. The fourth-order valence-corrected chi connectivity index (χ4v) is 2.43. The number of carboxylic acid groups (broad SMARTS) is 1. The summed E-state index contributed by atoms with van der Waals surface area (Å²) in [6, 6.07) is 3.45. The van der Waals surface area contributed by atoms with E-state index in [9.17, 15) is 4.79 Å². The summed E-state index contributed by atoms with van der Waals surface area (Å²) in [5.74, 6) is -0.967. The highest BCUT2D eigenvalue weighted by molar-refractivity contribution is 6.32. The molecule has 0 bridgehead atoms. The highest BCUT2D eigenvalue weighted by Gasteiger charge is 2.41. The summed E-state index contributed by atoms with van der Waals surface area (Å²) in [5, 5.41) is 9.72. The second-order valence-electron chi connectivity index (χ2n) is 4.51. The van der Waals surface area contributed by atoms with Crippen LogP contribution in [0, 0.1) is 0 Å². The van der Waals surface area contributed by atoms with E-state index in [4.69, 9.17) is 34.0 Å². The third-order valence-corrected chi connectivity index (χ3v) is 3.63. The van der Waals surface area contributed by atoms with E-state index >= 15 is 0 Å². The highest BCUT2D eigenvalue weighted by atomic mass is 35.5. The first-order valence-corrected chi connectivity index (χ1v) is 6.22. The molecule has 98 valence electrons. The Balaban J connectivity index is 2.06. The average Bonchev–Trinajstić information content (AvgIpc) is 2.66. The average molecular weight is 290 g/mol. The molecule has 18 heavy (non-hydrogen) atoms. The molecule has 1 unspecified atom stereocenters. The largest absolute Gasteiger partial charge is 0.480 e.